The molecule has 96 valence electrons. The molecule has 1 aromatic carbocycles. The van der Waals surface area contributed by atoms with Gasteiger partial charge in [0.1, 0.15) is 5.82 Å². The van der Waals surface area contributed by atoms with Crippen molar-refractivity contribution in [3.63, 3.8) is 0 Å². The zero-order chi connectivity index (χ0) is 13.1. The highest BCUT2D eigenvalue weighted by Gasteiger charge is 2.27. The molecule has 1 saturated heterocycles. The number of benzene rings is 1. The fourth-order valence-electron chi connectivity index (χ4n) is 2.29. The van der Waals surface area contributed by atoms with Crippen LogP contribution >= 0.6 is 0 Å². The van der Waals surface area contributed by atoms with E-state index < -0.39 is 0 Å². The first-order chi connectivity index (χ1) is 8.65. The maximum absolute atomic E-state index is 14.0. The summed E-state index contributed by atoms with van der Waals surface area (Å²) in [6, 6.07) is 6.79. The zero-order valence-electron chi connectivity index (χ0n) is 10.7. The van der Waals surface area contributed by atoms with Crippen molar-refractivity contribution in [1.29, 1.82) is 5.26 Å². The van der Waals surface area contributed by atoms with Gasteiger partial charge in [0.15, 0.2) is 0 Å². The third-order valence-corrected chi connectivity index (χ3v) is 3.33. The molecule has 1 heterocycles. The van der Waals surface area contributed by atoms with Crippen LogP contribution in [0.1, 0.15) is 25.8 Å². The minimum atomic E-state index is -0.332. The molecule has 2 unspecified atom stereocenters. The molecule has 1 aliphatic heterocycles. The lowest BCUT2D eigenvalue weighted by Gasteiger charge is -2.40. The van der Waals surface area contributed by atoms with Gasteiger partial charge in [-0.05, 0) is 31.5 Å². The predicted molar refractivity (Wildman–Crippen MR) is 68.0 cm³/mol. The minimum Gasteiger partial charge on any atom is -0.375 e. The molecule has 0 aromatic heterocycles. The number of hydrogen-bond acceptors (Lipinski definition) is 3. The standard InChI is InChI=1S/C14H17FN2O/c1-3-12-9-18-10(2)8-17(12)14-5-4-11(7-16)6-13(14)15/h4-6,10,12H,3,8-9H2,1-2H3. The molecule has 0 N–H and O–H groups in total. The van der Waals surface area contributed by atoms with Crippen LogP contribution in [0.2, 0.25) is 0 Å². The number of anilines is 1. The molecule has 0 aliphatic carbocycles. The van der Waals surface area contributed by atoms with E-state index in [0.717, 1.165) is 6.42 Å². The van der Waals surface area contributed by atoms with Gasteiger partial charge in [-0.2, -0.15) is 5.26 Å². The van der Waals surface area contributed by atoms with Gasteiger partial charge in [-0.3, -0.25) is 0 Å². The first-order valence-electron chi connectivity index (χ1n) is 6.23. The number of nitriles is 1. The van der Waals surface area contributed by atoms with Gasteiger partial charge >= 0.3 is 0 Å². The summed E-state index contributed by atoms with van der Waals surface area (Å²) in [6.45, 7) is 5.36. The molecule has 0 radical (unpaired) electrons. The molecule has 0 spiro atoms. The molecule has 1 fully saturated rings. The molecule has 2 atom stereocenters. The monoisotopic (exact) mass is 248 g/mol. The van der Waals surface area contributed by atoms with Gasteiger partial charge in [0.25, 0.3) is 0 Å². The van der Waals surface area contributed by atoms with Crippen molar-refractivity contribution in [3.05, 3.63) is 29.6 Å². The molecule has 2 rings (SSSR count). The van der Waals surface area contributed by atoms with Gasteiger partial charge < -0.3 is 9.64 Å². The Morgan fingerprint density at radius 3 is 2.94 bits per heavy atom. The number of ether oxygens (including phenoxy) is 1. The lowest BCUT2D eigenvalue weighted by Crippen LogP contribution is -2.49. The van der Waals surface area contributed by atoms with E-state index in [1.807, 2.05) is 17.9 Å². The Bertz CT molecular complexity index is 469. The molecule has 1 aliphatic rings. The van der Waals surface area contributed by atoms with Crippen molar-refractivity contribution in [2.45, 2.75) is 32.4 Å². The van der Waals surface area contributed by atoms with Gasteiger partial charge in [0, 0.05) is 6.54 Å². The first-order valence-corrected chi connectivity index (χ1v) is 6.23. The highest BCUT2D eigenvalue weighted by molar-refractivity contribution is 5.52. The molecule has 1 aromatic rings. The number of nitrogens with zero attached hydrogens (tertiary/aromatic N) is 2. The van der Waals surface area contributed by atoms with Crippen molar-refractivity contribution in [1.82, 2.24) is 0 Å². The Hall–Kier alpha value is -1.60. The largest absolute Gasteiger partial charge is 0.375 e. The number of halogens is 1. The lowest BCUT2D eigenvalue weighted by molar-refractivity contribution is 0.0297. The molecule has 0 bridgehead atoms. The minimum absolute atomic E-state index is 0.0999. The van der Waals surface area contributed by atoms with Gasteiger partial charge in [-0.1, -0.05) is 6.92 Å². The molecule has 4 heteroatoms. The molecule has 0 saturated carbocycles. The summed E-state index contributed by atoms with van der Waals surface area (Å²) in [5.74, 6) is -0.332. The van der Waals surface area contributed by atoms with Crippen LogP contribution in [-0.4, -0.2) is 25.3 Å². The molecule has 18 heavy (non-hydrogen) atoms. The first kappa shape index (κ1) is 12.8. The van der Waals surface area contributed by atoms with E-state index in [2.05, 4.69) is 6.92 Å². The van der Waals surface area contributed by atoms with Crippen molar-refractivity contribution in [2.75, 3.05) is 18.1 Å². The van der Waals surface area contributed by atoms with Gasteiger partial charge in [0.2, 0.25) is 0 Å². The van der Waals surface area contributed by atoms with E-state index in [0.29, 0.717) is 24.4 Å². The average Bonchev–Trinajstić information content (AvgIpc) is 2.38. The fourth-order valence-corrected chi connectivity index (χ4v) is 2.29. The summed E-state index contributed by atoms with van der Waals surface area (Å²) in [5.41, 5.74) is 0.918. The van der Waals surface area contributed by atoms with Crippen LogP contribution in [0.4, 0.5) is 10.1 Å². The Balaban J connectivity index is 2.31. The van der Waals surface area contributed by atoms with Crippen LogP contribution in [0.25, 0.3) is 0 Å². The van der Waals surface area contributed by atoms with Crippen LogP contribution in [0, 0.1) is 17.1 Å². The average molecular weight is 248 g/mol. The van der Waals surface area contributed by atoms with Crippen LogP contribution < -0.4 is 4.90 Å². The van der Waals surface area contributed by atoms with E-state index in [-0.39, 0.29) is 18.0 Å². The van der Waals surface area contributed by atoms with Crippen LogP contribution in [0.15, 0.2) is 18.2 Å². The topological polar surface area (TPSA) is 36.3 Å². The Morgan fingerprint density at radius 2 is 2.33 bits per heavy atom. The Morgan fingerprint density at radius 1 is 1.56 bits per heavy atom. The van der Waals surface area contributed by atoms with E-state index in [1.54, 1.807) is 12.1 Å². The van der Waals surface area contributed by atoms with E-state index in [1.165, 1.54) is 6.07 Å². The fraction of sp³-hybridized carbons (Fsp3) is 0.500. The maximum atomic E-state index is 14.0. The summed E-state index contributed by atoms with van der Waals surface area (Å²) in [4.78, 5) is 2.05. The molecular formula is C14H17FN2O. The Labute approximate surface area is 107 Å². The third kappa shape index (κ3) is 2.46. The lowest BCUT2D eigenvalue weighted by atomic mass is 10.1. The van der Waals surface area contributed by atoms with Crippen molar-refractivity contribution >= 4 is 5.69 Å². The third-order valence-electron chi connectivity index (χ3n) is 3.33. The maximum Gasteiger partial charge on any atom is 0.147 e. The predicted octanol–water partition coefficient (Wildman–Crippen LogP) is 2.70. The van der Waals surface area contributed by atoms with Crippen LogP contribution in [0.3, 0.4) is 0 Å². The van der Waals surface area contributed by atoms with Crippen molar-refractivity contribution in [2.24, 2.45) is 0 Å². The van der Waals surface area contributed by atoms with Gasteiger partial charge in [0.05, 0.1) is 36.1 Å². The summed E-state index contributed by atoms with van der Waals surface area (Å²) in [5, 5.41) is 8.75. The second-order valence-corrected chi connectivity index (χ2v) is 4.64. The second kappa shape index (κ2) is 5.36. The second-order valence-electron chi connectivity index (χ2n) is 4.64. The van der Waals surface area contributed by atoms with Crippen molar-refractivity contribution < 1.29 is 9.13 Å². The summed E-state index contributed by atoms with van der Waals surface area (Å²) in [6.07, 6.45) is 1.01. The quantitative estimate of drug-likeness (QED) is 0.807. The summed E-state index contributed by atoms with van der Waals surface area (Å²) in [7, 11) is 0. The van der Waals surface area contributed by atoms with Crippen molar-refractivity contribution in [3.8, 4) is 6.07 Å². The SMILES string of the molecule is CCC1COC(C)CN1c1ccc(C#N)cc1F. The highest BCUT2D eigenvalue weighted by atomic mass is 19.1. The molecule has 0 amide bonds. The molecule has 3 nitrogen and oxygen atoms in total. The van der Waals surface area contributed by atoms with Crippen LogP contribution in [-0.2, 0) is 4.74 Å². The van der Waals surface area contributed by atoms with Crippen LogP contribution in [0.5, 0.6) is 0 Å². The number of morpholine rings is 1. The number of rotatable bonds is 2. The van der Waals surface area contributed by atoms with E-state index in [4.69, 9.17) is 10.00 Å². The zero-order valence-corrected chi connectivity index (χ0v) is 10.7. The van der Waals surface area contributed by atoms with E-state index in [9.17, 15) is 4.39 Å². The highest BCUT2D eigenvalue weighted by Crippen LogP contribution is 2.26. The smallest absolute Gasteiger partial charge is 0.147 e. The normalized spacial score (nSPS) is 23.8. The number of hydrogen-bond donors (Lipinski definition) is 0. The van der Waals surface area contributed by atoms with Gasteiger partial charge in [-0.25, -0.2) is 4.39 Å². The summed E-state index contributed by atoms with van der Waals surface area (Å²) < 4.78 is 19.6. The van der Waals surface area contributed by atoms with Gasteiger partial charge in [-0.15, -0.1) is 0 Å². The Kier molecular flexibility index (Phi) is 3.83. The molecular weight excluding hydrogens is 231 g/mol. The summed E-state index contributed by atoms with van der Waals surface area (Å²) >= 11 is 0. The van der Waals surface area contributed by atoms with E-state index >= 15 is 0 Å².